The zero-order valence-corrected chi connectivity index (χ0v) is 19.5. The number of carbonyl (C=O) groups excluding carboxylic acids is 1. The van der Waals surface area contributed by atoms with Crippen molar-refractivity contribution in [3.05, 3.63) is 58.1 Å². The number of benzene rings is 2. The minimum Gasteiger partial charge on any atom is -0.507 e. The highest BCUT2D eigenvalue weighted by atomic mass is 35.5. The van der Waals surface area contributed by atoms with Crippen molar-refractivity contribution in [1.29, 1.82) is 0 Å². The SMILES string of the molecule is O=C(c1cc(Cl)c(O)cc1O)N1CCCC1c1ccc(CN2CCN(CCCO)CC2)cc1. The van der Waals surface area contributed by atoms with Gasteiger partial charge in [0.05, 0.1) is 16.6 Å². The minimum atomic E-state index is -0.278. The molecule has 7 nitrogen and oxygen atoms in total. The van der Waals surface area contributed by atoms with Crippen LogP contribution < -0.4 is 0 Å². The van der Waals surface area contributed by atoms with Crippen molar-refractivity contribution in [2.75, 3.05) is 45.9 Å². The Morgan fingerprint density at radius 1 is 0.970 bits per heavy atom. The molecule has 2 aromatic rings. The minimum absolute atomic E-state index is 0.0467. The molecule has 8 heteroatoms. The normalized spacial score (nSPS) is 19.8. The van der Waals surface area contributed by atoms with Crippen LogP contribution in [0.4, 0.5) is 0 Å². The van der Waals surface area contributed by atoms with Gasteiger partial charge in [-0.05, 0) is 36.5 Å². The van der Waals surface area contributed by atoms with E-state index in [1.165, 1.54) is 11.6 Å². The number of aliphatic hydroxyl groups is 1. The first-order chi connectivity index (χ1) is 16.0. The monoisotopic (exact) mass is 473 g/mol. The lowest BCUT2D eigenvalue weighted by Crippen LogP contribution is -2.46. The second-order valence-electron chi connectivity index (χ2n) is 8.91. The molecule has 1 unspecified atom stereocenters. The van der Waals surface area contributed by atoms with Crippen LogP contribution >= 0.6 is 11.6 Å². The van der Waals surface area contributed by atoms with Crippen LogP contribution in [0, 0.1) is 0 Å². The van der Waals surface area contributed by atoms with Gasteiger partial charge in [-0.3, -0.25) is 9.69 Å². The third kappa shape index (κ3) is 5.61. The Kier molecular flexibility index (Phi) is 7.75. The van der Waals surface area contributed by atoms with Crippen LogP contribution in [-0.2, 0) is 6.54 Å². The number of rotatable bonds is 7. The van der Waals surface area contributed by atoms with Gasteiger partial charge in [-0.25, -0.2) is 0 Å². The zero-order valence-electron chi connectivity index (χ0n) is 18.8. The number of piperazine rings is 1. The van der Waals surface area contributed by atoms with Gasteiger partial charge in [0.25, 0.3) is 5.91 Å². The van der Waals surface area contributed by atoms with Crippen molar-refractivity contribution >= 4 is 17.5 Å². The zero-order chi connectivity index (χ0) is 23.4. The summed E-state index contributed by atoms with van der Waals surface area (Å²) in [6.45, 7) is 6.85. The van der Waals surface area contributed by atoms with E-state index in [9.17, 15) is 15.0 Å². The van der Waals surface area contributed by atoms with Crippen LogP contribution in [-0.4, -0.2) is 81.8 Å². The van der Waals surface area contributed by atoms with Gasteiger partial charge in [0.15, 0.2) is 0 Å². The Morgan fingerprint density at radius 3 is 2.36 bits per heavy atom. The van der Waals surface area contributed by atoms with E-state index in [-0.39, 0.29) is 40.6 Å². The lowest BCUT2D eigenvalue weighted by atomic mass is 10.0. The Balaban J connectivity index is 1.38. The van der Waals surface area contributed by atoms with Gasteiger partial charge in [0, 0.05) is 58.5 Å². The number of nitrogens with zero attached hydrogens (tertiary/aromatic N) is 3. The average Bonchev–Trinajstić information content (AvgIpc) is 3.31. The van der Waals surface area contributed by atoms with Gasteiger partial charge in [-0.2, -0.15) is 0 Å². The summed E-state index contributed by atoms with van der Waals surface area (Å²) < 4.78 is 0. The van der Waals surface area contributed by atoms with Crippen LogP contribution in [0.1, 0.15) is 46.8 Å². The van der Waals surface area contributed by atoms with Gasteiger partial charge >= 0.3 is 0 Å². The van der Waals surface area contributed by atoms with Crippen molar-refractivity contribution in [3.63, 3.8) is 0 Å². The first-order valence-electron chi connectivity index (χ1n) is 11.6. The first-order valence-corrected chi connectivity index (χ1v) is 12.0. The van der Waals surface area contributed by atoms with Crippen LogP contribution in [0.3, 0.4) is 0 Å². The molecule has 1 atom stereocenters. The van der Waals surface area contributed by atoms with E-state index >= 15 is 0 Å². The van der Waals surface area contributed by atoms with E-state index in [4.69, 9.17) is 16.7 Å². The second-order valence-corrected chi connectivity index (χ2v) is 9.32. The number of aromatic hydroxyl groups is 2. The molecule has 0 bridgehead atoms. The number of phenolic OH excluding ortho intramolecular Hbond substituents is 2. The second kappa shape index (κ2) is 10.7. The number of likely N-dealkylation sites (tertiary alicyclic amines) is 1. The predicted molar refractivity (Wildman–Crippen MR) is 128 cm³/mol. The molecule has 178 valence electrons. The molecule has 2 fully saturated rings. The molecule has 2 aromatic carbocycles. The molecule has 0 spiro atoms. The summed E-state index contributed by atoms with van der Waals surface area (Å²) in [6.07, 6.45) is 2.60. The molecule has 3 N–H and O–H groups in total. The molecule has 0 aliphatic carbocycles. The molecule has 2 aliphatic heterocycles. The predicted octanol–water partition coefficient (Wildman–Crippen LogP) is 3.23. The first kappa shape index (κ1) is 23.8. The topological polar surface area (TPSA) is 87.5 Å². The number of amides is 1. The van der Waals surface area contributed by atoms with Crippen molar-refractivity contribution in [3.8, 4) is 11.5 Å². The fourth-order valence-corrected chi connectivity index (χ4v) is 4.97. The fraction of sp³-hybridized carbons (Fsp3) is 0.480. The third-order valence-corrected chi connectivity index (χ3v) is 6.98. The summed E-state index contributed by atoms with van der Waals surface area (Å²) >= 11 is 5.97. The molecule has 2 saturated heterocycles. The van der Waals surface area contributed by atoms with Crippen LogP contribution in [0.25, 0.3) is 0 Å². The van der Waals surface area contributed by atoms with Gasteiger partial charge in [-0.1, -0.05) is 35.9 Å². The van der Waals surface area contributed by atoms with Crippen LogP contribution in [0.5, 0.6) is 11.5 Å². The lowest BCUT2D eigenvalue weighted by Gasteiger charge is -2.34. The highest BCUT2D eigenvalue weighted by molar-refractivity contribution is 6.32. The Labute approximate surface area is 199 Å². The summed E-state index contributed by atoms with van der Waals surface area (Å²) in [5.74, 6) is -0.787. The summed E-state index contributed by atoms with van der Waals surface area (Å²) in [7, 11) is 0. The Bertz CT molecular complexity index is 961. The Morgan fingerprint density at radius 2 is 1.67 bits per heavy atom. The number of hydrogen-bond donors (Lipinski definition) is 3. The molecule has 2 aliphatic rings. The average molecular weight is 474 g/mol. The van der Waals surface area contributed by atoms with Gasteiger partial charge in [0.1, 0.15) is 11.5 Å². The van der Waals surface area contributed by atoms with E-state index in [0.717, 1.165) is 70.2 Å². The van der Waals surface area contributed by atoms with E-state index in [1.807, 2.05) is 0 Å². The summed E-state index contributed by atoms with van der Waals surface area (Å²) in [5, 5.41) is 28.9. The molecule has 0 aromatic heterocycles. The fourth-order valence-electron chi connectivity index (χ4n) is 4.80. The Hall–Kier alpha value is -2.32. The largest absolute Gasteiger partial charge is 0.507 e. The third-order valence-electron chi connectivity index (χ3n) is 6.68. The maximum absolute atomic E-state index is 13.1. The molecule has 2 heterocycles. The molecule has 33 heavy (non-hydrogen) atoms. The lowest BCUT2D eigenvalue weighted by molar-refractivity contribution is 0.0732. The van der Waals surface area contributed by atoms with Crippen LogP contribution in [0.15, 0.2) is 36.4 Å². The summed E-state index contributed by atoms with van der Waals surface area (Å²) in [6, 6.07) is 10.9. The smallest absolute Gasteiger partial charge is 0.258 e. The molecule has 4 rings (SSSR count). The number of carbonyl (C=O) groups is 1. The molecular weight excluding hydrogens is 442 g/mol. The number of halogens is 1. The van der Waals surface area contributed by atoms with Crippen LogP contribution in [0.2, 0.25) is 5.02 Å². The van der Waals surface area contributed by atoms with Gasteiger partial charge < -0.3 is 25.1 Å². The summed E-state index contributed by atoms with van der Waals surface area (Å²) in [5.41, 5.74) is 2.45. The maximum Gasteiger partial charge on any atom is 0.258 e. The van der Waals surface area contributed by atoms with E-state index in [2.05, 4.69) is 34.1 Å². The number of phenols is 2. The van der Waals surface area contributed by atoms with Crippen molar-refractivity contribution in [2.45, 2.75) is 31.8 Å². The molecule has 0 saturated carbocycles. The molecule has 1 amide bonds. The van der Waals surface area contributed by atoms with Gasteiger partial charge in [0.2, 0.25) is 0 Å². The number of aliphatic hydroxyl groups excluding tert-OH is 1. The molecular formula is C25H32ClN3O4. The van der Waals surface area contributed by atoms with E-state index < -0.39 is 0 Å². The van der Waals surface area contributed by atoms with Crippen molar-refractivity contribution < 1.29 is 20.1 Å². The standard InChI is InChI=1S/C25H32ClN3O4/c26-21-15-20(23(31)16-24(21)32)25(33)29-9-1-3-22(29)19-6-4-18(5-7-19)17-28-12-10-27(11-13-28)8-2-14-30/h4-7,15-16,22,30-32H,1-3,8-14,17H2. The highest BCUT2D eigenvalue weighted by Crippen LogP contribution is 2.37. The van der Waals surface area contributed by atoms with Crippen molar-refractivity contribution in [1.82, 2.24) is 14.7 Å². The summed E-state index contributed by atoms with van der Waals surface area (Å²) in [4.78, 5) is 19.8. The van der Waals surface area contributed by atoms with Crippen molar-refractivity contribution in [2.24, 2.45) is 0 Å². The number of hydrogen-bond acceptors (Lipinski definition) is 6. The highest BCUT2D eigenvalue weighted by Gasteiger charge is 2.32. The quantitative estimate of drug-likeness (QED) is 0.572. The van der Waals surface area contributed by atoms with E-state index in [0.29, 0.717) is 6.54 Å². The van der Waals surface area contributed by atoms with E-state index in [1.54, 1.807) is 4.90 Å². The maximum atomic E-state index is 13.1. The van der Waals surface area contributed by atoms with Gasteiger partial charge in [-0.15, -0.1) is 0 Å². The molecule has 0 radical (unpaired) electrons.